The van der Waals surface area contributed by atoms with Gasteiger partial charge in [0.1, 0.15) is 18.2 Å². The maximum absolute atomic E-state index is 14.2. The van der Waals surface area contributed by atoms with Gasteiger partial charge in [0.25, 0.3) is 0 Å². The van der Waals surface area contributed by atoms with Gasteiger partial charge in [-0.1, -0.05) is 35.9 Å². The molecule has 212 valence electrons. The molecule has 2 saturated heterocycles. The second-order valence-corrected chi connectivity index (χ2v) is 11.4. The number of fused-ring (bicyclic) bond motifs is 2. The average molecular weight is 577 g/mol. The molecule has 0 bridgehead atoms. The van der Waals surface area contributed by atoms with Gasteiger partial charge < -0.3 is 14.0 Å². The van der Waals surface area contributed by atoms with E-state index in [1.54, 1.807) is 12.1 Å². The van der Waals surface area contributed by atoms with E-state index in [4.69, 9.17) is 40.6 Å². The number of ether oxygens (including phenoxy) is 2. The van der Waals surface area contributed by atoms with E-state index in [0.29, 0.717) is 28.5 Å². The Morgan fingerprint density at radius 2 is 1.95 bits per heavy atom. The number of benzene rings is 2. The molecule has 2 aromatic heterocycles. The quantitative estimate of drug-likeness (QED) is 0.286. The molecule has 1 saturated carbocycles. The summed E-state index contributed by atoms with van der Waals surface area (Å²) in [5.74, 6) is 1.86. The van der Waals surface area contributed by atoms with E-state index in [2.05, 4.69) is 39.8 Å². The maximum Gasteiger partial charge on any atom is 0.373 e. The summed E-state index contributed by atoms with van der Waals surface area (Å²) >= 11 is 5.86. The van der Waals surface area contributed by atoms with Crippen LogP contribution in [0.25, 0.3) is 11.0 Å². The van der Waals surface area contributed by atoms with E-state index >= 15 is 0 Å². The zero-order valence-corrected chi connectivity index (χ0v) is 23.2. The van der Waals surface area contributed by atoms with Crippen molar-refractivity contribution < 1.29 is 23.5 Å². The molecule has 1 aliphatic carbocycles. The highest BCUT2D eigenvalue weighted by molar-refractivity contribution is 6.30. The van der Waals surface area contributed by atoms with E-state index in [-0.39, 0.29) is 24.0 Å². The first-order valence-corrected chi connectivity index (χ1v) is 14.2. The molecule has 7 rings (SSSR count). The standard InChI is InChI=1S/C30H30ClFN4O2.CO2/c31-22-9-8-20(24(32)14-22)19-38-29-7-3-6-27(34-29)30-11-12-35(16-21(30)15-30)18-28-33-25-4-1-2-5-26(25)36(28)17-23-10-13-37-23;2-1-3/h1-9,14,21,23H,10-13,15-19H2;/t21-,23+,30+;/m1./s1. The number of halogens is 2. The van der Waals surface area contributed by atoms with Crippen LogP contribution in [-0.2, 0) is 39.4 Å². The Balaban J connectivity index is 0.000000967. The normalized spacial score (nSPS) is 23.1. The Kier molecular flexibility index (Phi) is 7.86. The summed E-state index contributed by atoms with van der Waals surface area (Å²) < 4.78 is 28.1. The second kappa shape index (κ2) is 11.7. The topological polar surface area (TPSA) is 86.5 Å². The minimum absolute atomic E-state index is 0.112. The van der Waals surface area contributed by atoms with Gasteiger partial charge in [0, 0.05) is 35.2 Å². The van der Waals surface area contributed by atoms with Gasteiger partial charge in [-0.25, -0.2) is 14.4 Å². The number of pyridine rings is 1. The van der Waals surface area contributed by atoms with Gasteiger partial charge in [-0.15, -0.1) is 0 Å². The lowest BCUT2D eigenvalue weighted by Gasteiger charge is -2.32. The van der Waals surface area contributed by atoms with Crippen LogP contribution < -0.4 is 4.74 Å². The molecule has 0 amide bonds. The van der Waals surface area contributed by atoms with Gasteiger partial charge in [0.05, 0.1) is 35.9 Å². The number of hydrogen-bond donors (Lipinski definition) is 0. The summed E-state index contributed by atoms with van der Waals surface area (Å²) in [6, 6.07) is 19.0. The van der Waals surface area contributed by atoms with Gasteiger partial charge in [-0.05, 0) is 62.1 Å². The van der Waals surface area contributed by atoms with Crippen molar-refractivity contribution in [3.8, 4) is 5.88 Å². The van der Waals surface area contributed by atoms with Gasteiger partial charge >= 0.3 is 6.15 Å². The van der Waals surface area contributed by atoms with Crippen LogP contribution in [0, 0.1) is 11.7 Å². The Labute approximate surface area is 242 Å². The van der Waals surface area contributed by atoms with Crippen molar-refractivity contribution in [1.29, 1.82) is 0 Å². The third kappa shape index (κ3) is 5.76. The summed E-state index contributed by atoms with van der Waals surface area (Å²) in [4.78, 5) is 28.6. The number of carbonyl (C=O) groups excluding carboxylic acids is 2. The average Bonchev–Trinajstić information content (AvgIpc) is 3.58. The van der Waals surface area contributed by atoms with Crippen LogP contribution in [0.15, 0.2) is 60.7 Å². The minimum atomic E-state index is -0.365. The summed E-state index contributed by atoms with van der Waals surface area (Å²) in [7, 11) is 0. The van der Waals surface area contributed by atoms with E-state index in [0.717, 1.165) is 69.1 Å². The first kappa shape index (κ1) is 27.5. The SMILES string of the molecule is Fc1cc(Cl)ccc1COc1cccc([C@]23CCN(Cc4nc5ccccc5n4C[C@@H]4CCO4)C[C@H]2C3)n1.O=C=O. The monoisotopic (exact) mass is 576 g/mol. The predicted molar refractivity (Wildman–Crippen MR) is 149 cm³/mol. The zero-order chi connectivity index (χ0) is 28.4. The van der Waals surface area contributed by atoms with Crippen LogP contribution in [0.2, 0.25) is 5.02 Å². The van der Waals surface area contributed by atoms with Crippen LogP contribution in [-0.4, -0.2) is 51.4 Å². The number of nitrogens with zero attached hydrogens (tertiary/aromatic N) is 4. The number of imidazole rings is 1. The molecule has 0 radical (unpaired) electrons. The number of para-hydroxylation sites is 2. The molecule has 0 spiro atoms. The highest BCUT2D eigenvalue weighted by Gasteiger charge is 2.58. The number of piperidine rings is 1. The lowest BCUT2D eigenvalue weighted by molar-refractivity contribution is -0.191. The van der Waals surface area contributed by atoms with Crippen molar-refractivity contribution in [1.82, 2.24) is 19.4 Å². The molecule has 10 heteroatoms. The lowest BCUT2D eigenvalue weighted by Crippen LogP contribution is -2.37. The second-order valence-electron chi connectivity index (χ2n) is 10.9. The number of rotatable bonds is 8. The van der Waals surface area contributed by atoms with E-state index in [1.165, 1.54) is 11.6 Å². The van der Waals surface area contributed by atoms with Crippen molar-refractivity contribution in [2.24, 2.45) is 5.92 Å². The molecule has 41 heavy (non-hydrogen) atoms. The van der Waals surface area contributed by atoms with Crippen molar-refractivity contribution in [2.45, 2.75) is 50.5 Å². The first-order valence-electron chi connectivity index (χ1n) is 13.8. The molecule has 0 unspecified atom stereocenters. The van der Waals surface area contributed by atoms with Crippen LogP contribution >= 0.6 is 11.6 Å². The Hall–Kier alpha value is -3.62. The van der Waals surface area contributed by atoms with Gasteiger partial charge in [-0.2, -0.15) is 9.59 Å². The summed E-state index contributed by atoms with van der Waals surface area (Å²) in [6.07, 6.45) is 3.86. The van der Waals surface area contributed by atoms with Crippen LogP contribution in [0.5, 0.6) is 5.88 Å². The smallest absolute Gasteiger partial charge is 0.373 e. The van der Waals surface area contributed by atoms with Gasteiger partial charge in [0.2, 0.25) is 5.88 Å². The van der Waals surface area contributed by atoms with Gasteiger partial charge in [-0.3, -0.25) is 4.90 Å². The molecule has 2 aromatic carbocycles. The van der Waals surface area contributed by atoms with Crippen molar-refractivity contribution in [3.63, 3.8) is 0 Å². The molecule has 4 heterocycles. The molecule has 8 nitrogen and oxygen atoms in total. The predicted octanol–water partition coefficient (Wildman–Crippen LogP) is 5.17. The first-order chi connectivity index (χ1) is 20.0. The molecule has 3 fully saturated rings. The van der Waals surface area contributed by atoms with E-state index < -0.39 is 0 Å². The molecule has 3 aliphatic rings. The highest BCUT2D eigenvalue weighted by atomic mass is 35.5. The largest absolute Gasteiger partial charge is 0.473 e. The Bertz CT molecular complexity index is 1590. The van der Waals surface area contributed by atoms with Crippen molar-refractivity contribution in [2.75, 3.05) is 19.7 Å². The third-order valence-electron chi connectivity index (χ3n) is 8.49. The van der Waals surface area contributed by atoms with E-state index in [1.807, 2.05) is 12.1 Å². The number of likely N-dealkylation sites (tertiary alicyclic amines) is 1. The summed E-state index contributed by atoms with van der Waals surface area (Å²) in [6.45, 7) is 4.73. The summed E-state index contributed by atoms with van der Waals surface area (Å²) in [5.41, 5.74) is 3.91. The number of aromatic nitrogens is 3. The maximum atomic E-state index is 14.2. The number of hydrogen-bond acceptors (Lipinski definition) is 7. The van der Waals surface area contributed by atoms with Gasteiger partial charge in [0.15, 0.2) is 0 Å². The van der Waals surface area contributed by atoms with Crippen LogP contribution in [0.3, 0.4) is 0 Å². The molecule has 3 atom stereocenters. The Morgan fingerprint density at radius 1 is 1.12 bits per heavy atom. The summed E-state index contributed by atoms with van der Waals surface area (Å²) in [5, 5.41) is 0.376. The fourth-order valence-corrected chi connectivity index (χ4v) is 6.28. The van der Waals surface area contributed by atoms with Crippen molar-refractivity contribution in [3.05, 3.63) is 88.6 Å². The molecular formula is C31H30ClFN4O4. The molecule has 4 aromatic rings. The zero-order valence-electron chi connectivity index (χ0n) is 22.5. The molecule has 0 N–H and O–H groups in total. The van der Waals surface area contributed by atoms with Crippen LogP contribution in [0.1, 0.15) is 36.3 Å². The highest BCUT2D eigenvalue weighted by Crippen LogP contribution is 2.58. The fourth-order valence-electron chi connectivity index (χ4n) is 6.12. The lowest BCUT2D eigenvalue weighted by atomic mass is 9.91. The van der Waals surface area contributed by atoms with Crippen molar-refractivity contribution >= 4 is 28.8 Å². The third-order valence-corrected chi connectivity index (χ3v) is 8.72. The minimum Gasteiger partial charge on any atom is -0.473 e. The fraction of sp³-hybridized carbons (Fsp3) is 0.387. The molecular weight excluding hydrogens is 547 g/mol. The van der Waals surface area contributed by atoms with E-state index in [9.17, 15) is 4.39 Å². The Morgan fingerprint density at radius 3 is 2.71 bits per heavy atom. The van der Waals surface area contributed by atoms with Crippen LogP contribution in [0.4, 0.5) is 4.39 Å². The molecule has 2 aliphatic heterocycles.